The average Bonchev–Trinajstić information content (AvgIpc) is 3.07. The third-order valence-corrected chi connectivity index (χ3v) is 6.05. The molecule has 0 spiro atoms. The largest absolute Gasteiger partial charge is 0.454 e. The monoisotopic (exact) mass is 512 g/mol. The van der Waals surface area contributed by atoms with Gasteiger partial charge in [0.05, 0.1) is 37.3 Å². The number of hydrogen-bond acceptors (Lipinski definition) is 7. The Kier molecular flexibility index (Phi) is 6.38. The van der Waals surface area contributed by atoms with Crippen molar-refractivity contribution in [3.63, 3.8) is 0 Å². The van der Waals surface area contributed by atoms with Crippen LogP contribution in [0, 0.1) is 17.0 Å². The minimum atomic E-state index is -0.882. The summed E-state index contributed by atoms with van der Waals surface area (Å²) >= 11 is 12.0. The average molecular weight is 513 g/mol. The van der Waals surface area contributed by atoms with Crippen LogP contribution in [0.25, 0.3) is 0 Å². The lowest BCUT2D eigenvalue weighted by Gasteiger charge is -2.17. The number of carbonyl (C=O) groups excluding carboxylic acids is 4. The van der Waals surface area contributed by atoms with Crippen LogP contribution in [0.2, 0.25) is 10.0 Å². The van der Waals surface area contributed by atoms with Crippen LogP contribution < -0.4 is 4.90 Å². The summed E-state index contributed by atoms with van der Waals surface area (Å²) in [7, 11) is 0. The van der Waals surface area contributed by atoms with Gasteiger partial charge in [-0.2, -0.15) is 0 Å². The van der Waals surface area contributed by atoms with E-state index in [2.05, 4.69) is 0 Å². The van der Waals surface area contributed by atoms with Gasteiger partial charge in [-0.1, -0.05) is 41.4 Å². The minimum Gasteiger partial charge on any atom is -0.454 e. The van der Waals surface area contributed by atoms with Gasteiger partial charge in [0.1, 0.15) is 0 Å². The summed E-state index contributed by atoms with van der Waals surface area (Å²) in [6.07, 6.45) is 0. The number of fused-ring (bicyclic) bond motifs is 1. The molecular weight excluding hydrogens is 499 g/mol. The number of ketones is 1. The van der Waals surface area contributed by atoms with Crippen LogP contribution in [0.4, 0.5) is 11.4 Å². The van der Waals surface area contributed by atoms with E-state index in [-0.39, 0.29) is 43.7 Å². The molecule has 3 aromatic carbocycles. The second-order valence-electron chi connectivity index (χ2n) is 7.57. The predicted octanol–water partition coefficient (Wildman–Crippen LogP) is 5.05. The molecule has 4 rings (SSSR count). The number of aryl methyl sites for hydroxylation is 1. The number of hydrogen-bond donors (Lipinski definition) is 0. The van der Waals surface area contributed by atoms with E-state index in [1.807, 2.05) is 0 Å². The van der Waals surface area contributed by atoms with Crippen molar-refractivity contribution in [2.45, 2.75) is 6.92 Å². The molecular formula is C24H14Cl2N2O7. The number of esters is 1. The maximum Gasteiger partial charge on any atom is 0.338 e. The Bertz CT molecular complexity index is 1410. The highest BCUT2D eigenvalue weighted by Crippen LogP contribution is 2.35. The number of anilines is 1. The molecule has 0 N–H and O–H groups in total. The Balaban J connectivity index is 1.55. The smallest absolute Gasteiger partial charge is 0.338 e. The zero-order valence-electron chi connectivity index (χ0n) is 17.9. The lowest BCUT2D eigenvalue weighted by molar-refractivity contribution is -0.384. The normalized spacial score (nSPS) is 12.5. The molecule has 9 nitrogen and oxygen atoms in total. The first-order valence-corrected chi connectivity index (χ1v) is 10.8. The minimum absolute atomic E-state index is 0.00920. The molecule has 0 radical (unpaired) electrons. The van der Waals surface area contributed by atoms with Gasteiger partial charge in [0.2, 0.25) is 5.78 Å². The summed E-state index contributed by atoms with van der Waals surface area (Å²) < 4.78 is 5.07. The van der Waals surface area contributed by atoms with Gasteiger partial charge in [0.25, 0.3) is 17.5 Å². The highest BCUT2D eigenvalue weighted by molar-refractivity contribution is 6.44. The molecule has 2 amide bonds. The van der Waals surface area contributed by atoms with Crippen LogP contribution in [0.1, 0.15) is 47.0 Å². The van der Waals surface area contributed by atoms with Crippen molar-refractivity contribution >= 4 is 58.1 Å². The van der Waals surface area contributed by atoms with Gasteiger partial charge in [-0.05, 0) is 36.8 Å². The topological polar surface area (TPSA) is 124 Å². The molecule has 3 aromatic rings. The number of nitrogens with zero attached hydrogens (tertiary/aromatic N) is 2. The van der Waals surface area contributed by atoms with Crippen molar-refractivity contribution in [2.75, 3.05) is 11.5 Å². The molecule has 176 valence electrons. The van der Waals surface area contributed by atoms with Crippen molar-refractivity contribution < 1.29 is 28.8 Å². The number of nitro groups is 1. The predicted molar refractivity (Wildman–Crippen MR) is 126 cm³/mol. The van der Waals surface area contributed by atoms with E-state index in [0.717, 1.165) is 11.0 Å². The van der Waals surface area contributed by atoms with Gasteiger partial charge in [-0.3, -0.25) is 24.5 Å². The van der Waals surface area contributed by atoms with Gasteiger partial charge in [-0.25, -0.2) is 9.69 Å². The summed E-state index contributed by atoms with van der Waals surface area (Å²) in [5.41, 5.74) is 0.585. The lowest BCUT2D eigenvalue weighted by Crippen LogP contribution is -2.30. The highest BCUT2D eigenvalue weighted by Gasteiger charge is 2.38. The van der Waals surface area contributed by atoms with Crippen molar-refractivity contribution in [1.29, 1.82) is 0 Å². The summed E-state index contributed by atoms with van der Waals surface area (Å²) in [6, 6.07) is 11.9. The Labute approximate surface area is 208 Å². The van der Waals surface area contributed by atoms with Gasteiger partial charge in [0, 0.05) is 17.7 Å². The second kappa shape index (κ2) is 9.28. The summed E-state index contributed by atoms with van der Waals surface area (Å²) in [4.78, 5) is 62.0. The van der Waals surface area contributed by atoms with Crippen LogP contribution in [-0.2, 0) is 4.74 Å². The van der Waals surface area contributed by atoms with E-state index in [1.165, 1.54) is 48.5 Å². The molecule has 11 heteroatoms. The SMILES string of the molecule is Cc1ccc(C(=O)OCC(=O)c2cccc([N+](=O)[O-])c2)cc1N1C(=O)c2cc(Cl)c(Cl)cc2C1=O. The maximum absolute atomic E-state index is 12.9. The standard InChI is InChI=1S/C24H14Cl2N2O7/c1-12-5-6-14(24(32)35-11-21(29)13-3-2-4-15(7-13)28(33)34)8-20(12)27-22(30)16-9-18(25)19(26)10-17(16)23(27)31/h2-10H,11H2,1H3. The first kappa shape index (κ1) is 24.1. The molecule has 1 heterocycles. The first-order valence-electron chi connectivity index (χ1n) is 10.0. The fourth-order valence-electron chi connectivity index (χ4n) is 3.52. The van der Waals surface area contributed by atoms with Crippen LogP contribution >= 0.6 is 23.2 Å². The van der Waals surface area contributed by atoms with E-state index in [1.54, 1.807) is 6.92 Å². The fourth-order valence-corrected chi connectivity index (χ4v) is 3.85. The van der Waals surface area contributed by atoms with Gasteiger partial charge in [-0.15, -0.1) is 0 Å². The summed E-state index contributed by atoms with van der Waals surface area (Å²) in [6.45, 7) is 0.993. The molecule has 0 saturated heterocycles. The second-order valence-corrected chi connectivity index (χ2v) is 8.38. The zero-order chi connectivity index (χ0) is 25.4. The Hall–Kier alpha value is -4.08. The van der Waals surface area contributed by atoms with E-state index >= 15 is 0 Å². The van der Waals surface area contributed by atoms with E-state index in [0.29, 0.717) is 5.56 Å². The molecule has 0 unspecified atom stereocenters. The molecule has 35 heavy (non-hydrogen) atoms. The number of halogens is 2. The molecule has 0 saturated carbocycles. The van der Waals surface area contributed by atoms with Crippen molar-refractivity contribution in [3.8, 4) is 0 Å². The number of ether oxygens (including phenoxy) is 1. The Morgan fingerprint density at radius 3 is 2.17 bits per heavy atom. The molecule has 0 aromatic heterocycles. The van der Waals surface area contributed by atoms with Crippen LogP contribution in [-0.4, -0.2) is 35.1 Å². The van der Waals surface area contributed by atoms with Crippen LogP contribution in [0.15, 0.2) is 54.6 Å². The number of nitro benzene ring substituents is 1. The first-order chi connectivity index (χ1) is 16.6. The van der Waals surface area contributed by atoms with Gasteiger partial charge >= 0.3 is 5.97 Å². The number of Topliss-reactive ketones (excluding diaryl/α,β-unsaturated/α-hetero) is 1. The fraction of sp³-hybridized carbons (Fsp3) is 0.0833. The number of benzene rings is 3. The van der Waals surface area contributed by atoms with E-state index < -0.39 is 35.1 Å². The Morgan fingerprint density at radius 1 is 0.943 bits per heavy atom. The molecule has 0 bridgehead atoms. The van der Waals surface area contributed by atoms with Crippen molar-refractivity contribution in [1.82, 2.24) is 0 Å². The molecule has 0 fully saturated rings. The van der Waals surface area contributed by atoms with Crippen molar-refractivity contribution in [3.05, 3.63) is 103 Å². The van der Waals surface area contributed by atoms with E-state index in [9.17, 15) is 29.3 Å². The zero-order valence-corrected chi connectivity index (χ0v) is 19.4. The third-order valence-electron chi connectivity index (χ3n) is 5.33. The van der Waals surface area contributed by atoms with Gasteiger partial charge < -0.3 is 4.74 Å². The summed E-state index contributed by atoms with van der Waals surface area (Å²) in [5, 5.41) is 11.1. The molecule has 0 atom stereocenters. The highest BCUT2D eigenvalue weighted by atomic mass is 35.5. The number of non-ortho nitro benzene ring substituents is 1. The van der Waals surface area contributed by atoms with Crippen molar-refractivity contribution in [2.24, 2.45) is 0 Å². The number of carbonyl (C=O) groups is 4. The van der Waals surface area contributed by atoms with Crippen LogP contribution in [0.3, 0.4) is 0 Å². The lowest BCUT2D eigenvalue weighted by atomic mass is 10.1. The van der Waals surface area contributed by atoms with Crippen LogP contribution in [0.5, 0.6) is 0 Å². The third kappa shape index (κ3) is 4.51. The summed E-state index contributed by atoms with van der Waals surface area (Å²) in [5.74, 6) is -2.77. The van der Waals surface area contributed by atoms with E-state index in [4.69, 9.17) is 27.9 Å². The molecule has 1 aliphatic rings. The number of rotatable bonds is 6. The van der Waals surface area contributed by atoms with Gasteiger partial charge in [0.15, 0.2) is 6.61 Å². The number of amides is 2. The maximum atomic E-state index is 12.9. The number of imide groups is 1. The Morgan fingerprint density at radius 2 is 1.57 bits per heavy atom. The molecule has 0 aliphatic carbocycles. The quantitative estimate of drug-likeness (QED) is 0.149. The molecule has 1 aliphatic heterocycles.